The Labute approximate surface area is 228 Å². The Morgan fingerprint density at radius 3 is 2.54 bits per heavy atom. The lowest BCUT2D eigenvalue weighted by molar-refractivity contribution is -0.139. The fourth-order valence-corrected chi connectivity index (χ4v) is 5.35. The van der Waals surface area contributed by atoms with Gasteiger partial charge in [0, 0.05) is 44.2 Å². The number of nitrogens with zero attached hydrogens (tertiary/aromatic N) is 4. The number of carbonyl (C=O) groups is 1. The first-order valence-corrected chi connectivity index (χ1v) is 13.8. The highest BCUT2D eigenvalue weighted by Crippen LogP contribution is 2.42. The van der Waals surface area contributed by atoms with Crippen molar-refractivity contribution in [2.75, 3.05) is 26.2 Å². The number of amides is 1. The average Bonchev–Trinajstić information content (AvgIpc) is 3.32. The van der Waals surface area contributed by atoms with Crippen LogP contribution in [0.2, 0.25) is 0 Å². The third-order valence-corrected chi connectivity index (χ3v) is 7.74. The van der Waals surface area contributed by atoms with Crippen LogP contribution in [0.1, 0.15) is 82.0 Å². The van der Waals surface area contributed by atoms with E-state index in [1.807, 2.05) is 42.9 Å². The Morgan fingerprint density at radius 2 is 1.92 bits per heavy atom. The number of carbonyl (C=O) groups excluding carboxylic acids is 1. The second-order valence-corrected chi connectivity index (χ2v) is 10.3. The Kier molecular flexibility index (Phi) is 10.6. The second-order valence-electron chi connectivity index (χ2n) is 10.3. The first-order valence-electron chi connectivity index (χ1n) is 13.8. The summed E-state index contributed by atoms with van der Waals surface area (Å²) >= 11 is 0. The predicted octanol–water partition coefficient (Wildman–Crippen LogP) is 5.48. The van der Waals surface area contributed by atoms with E-state index in [0.29, 0.717) is 24.1 Å². The maximum atomic E-state index is 12.9. The SMILES string of the molecule is CCC(C)C1CCc2c1n[nH]c(=O)c2C(F)(F)F.CCCC(=O)N1CCN(/C2=C/C=C(C#N)\C=C/CC2)CC1. The summed E-state index contributed by atoms with van der Waals surface area (Å²) in [5.41, 5.74) is 0.302. The van der Waals surface area contributed by atoms with Gasteiger partial charge in [-0.05, 0) is 61.8 Å². The summed E-state index contributed by atoms with van der Waals surface area (Å²) in [4.78, 5) is 27.6. The lowest BCUT2D eigenvalue weighted by atomic mass is 9.90. The van der Waals surface area contributed by atoms with Crippen molar-refractivity contribution in [1.82, 2.24) is 20.0 Å². The fraction of sp³-hybridized carbons (Fsp3) is 0.586. The monoisotopic (exact) mass is 545 g/mol. The number of aromatic nitrogens is 2. The van der Waals surface area contributed by atoms with Crippen LogP contribution in [0.4, 0.5) is 13.2 Å². The van der Waals surface area contributed by atoms with Crippen LogP contribution in [-0.2, 0) is 17.4 Å². The van der Waals surface area contributed by atoms with Crippen molar-refractivity contribution < 1.29 is 18.0 Å². The second kappa shape index (κ2) is 13.6. The third kappa shape index (κ3) is 7.61. The standard InChI is InChI=1S/C17H23N3O.C12H15F3N2O/c1-2-5-17(21)20-12-10-19(11-13-20)16-7-4-3-6-15(14-18)8-9-16;1-3-6(2)7-4-5-8-9(12(13,14)15)11(18)17-16-10(7)8/h3,6,8-9H,2,4-5,7,10-13H2,1H3;6-7H,3-5H2,1-2H3,(H,17,18)/b6-3-,15-8+,16-9+;. The third-order valence-electron chi connectivity index (χ3n) is 7.74. The number of fused-ring (bicyclic) bond motifs is 1. The zero-order valence-corrected chi connectivity index (χ0v) is 23.0. The van der Waals surface area contributed by atoms with Gasteiger partial charge in [-0.1, -0.05) is 33.3 Å². The van der Waals surface area contributed by atoms with Gasteiger partial charge in [0.05, 0.1) is 17.3 Å². The topological polar surface area (TPSA) is 93.1 Å². The van der Waals surface area contributed by atoms with E-state index in [-0.39, 0.29) is 29.7 Å². The molecule has 10 heteroatoms. The molecule has 2 unspecified atom stereocenters. The van der Waals surface area contributed by atoms with Gasteiger partial charge in [-0.3, -0.25) is 9.59 Å². The van der Waals surface area contributed by atoms with Gasteiger partial charge in [0.1, 0.15) is 5.56 Å². The molecule has 4 rings (SSSR count). The van der Waals surface area contributed by atoms with E-state index in [4.69, 9.17) is 5.26 Å². The van der Waals surface area contributed by atoms with E-state index < -0.39 is 17.3 Å². The summed E-state index contributed by atoms with van der Waals surface area (Å²) < 4.78 is 38.6. The van der Waals surface area contributed by atoms with Gasteiger partial charge in [0.15, 0.2) is 0 Å². The van der Waals surface area contributed by atoms with Gasteiger partial charge >= 0.3 is 6.18 Å². The number of halogens is 3. The van der Waals surface area contributed by atoms with Crippen LogP contribution in [0.25, 0.3) is 0 Å². The molecule has 3 aliphatic rings. The number of allylic oxidation sites excluding steroid dienone is 6. The van der Waals surface area contributed by atoms with E-state index in [1.54, 1.807) is 0 Å². The summed E-state index contributed by atoms with van der Waals surface area (Å²) in [6, 6.07) is 2.19. The molecule has 212 valence electrons. The highest BCUT2D eigenvalue weighted by molar-refractivity contribution is 5.76. The van der Waals surface area contributed by atoms with Crippen molar-refractivity contribution in [3.8, 4) is 6.07 Å². The quantitative estimate of drug-likeness (QED) is 0.529. The Bertz CT molecular complexity index is 1200. The zero-order valence-electron chi connectivity index (χ0n) is 23.0. The first kappa shape index (κ1) is 30.2. The molecule has 2 heterocycles. The van der Waals surface area contributed by atoms with Gasteiger partial charge in [-0.15, -0.1) is 0 Å². The predicted molar refractivity (Wildman–Crippen MR) is 144 cm³/mol. The van der Waals surface area contributed by atoms with Gasteiger partial charge in [0.2, 0.25) is 5.91 Å². The maximum absolute atomic E-state index is 12.9. The molecule has 1 amide bonds. The molecule has 1 fully saturated rings. The normalized spacial score (nSPS) is 23.5. The Morgan fingerprint density at radius 1 is 1.21 bits per heavy atom. The van der Waals surface area contributed by atoms with Crippen LogP contribution < -0.4 is 5.56 Å². The molecule has 2 atom stereocenters. The number of hydrogen-bond acceptors (Lipinski definition) is 5. The fourth-order valence-electron chi connectivity index (χ4n) is 5.35. The van der Waals surface area contributed by atoms with Crippen molar-refractivity contribution in [2.45, 2.75) is 77.8 Å². The number of piperazine rings is 1. The summed E-state index contributed by atoms with van der Waals surface area (Å²) in [5, 5.41) is 14.8. The summed E-state index contributed by atoms with van der Waals surface area (Å²) in [5.74, 6) is 0.562. The molecule has 7 nitrogen and oxygen atoms in total. The molecular weight excluding hydrogens is 507 g/mol. The highest BCUT2D eigenvalue weighted by atomic mass is 19.4. The average molecular weight is 546 g/mol. The summed E-state index contributed by atoms with van der Waals surface area (Å²) in [6.07, 6.45) is 8.61. The van der Waals surface area contributed by atoms with E-state index in [0.717, 1.165) is 51.9 Å². The van der Waals surface area contributed by atoms with Gasteiger partial charge in [0.25, 0.3) is 5.56 Å². The lowest BCUT2D eigenvalue weighted by Gasteiger charge is -2.37. The van der Waals surface area contributed by atoms with Crippen LogP contribution in [-0.4, -0.2) is 52.1 Å². The first-order chi connectivity index (χ1) is 18.6. The van der Waals surface area contributed by atoms with Crippen LogP contribution in [0.15, 0.2) is 40.4 Å². The number of nitriles is 1. The van der Waals surface area contributed by atoms with E-state index in [2.05, 4.69) is 28.2 Å². The number of H-pyrrole nitrogens is 1. The molecule has 1 N–H and O–H groups in total. The van der Waals surface area contributed by atoms with Crippen LogP contribution in [0, 0.1) is 17.2 Å². The van der Waals surface area contributed by atoms with Gasteiger partial charge in [-0.2, -0.15) is 23.5 Å². The van der Waals surface area contributed by atoms with Crippen molar-refractivity contribution in [1.29, 1.82) is 5.26 Å². The summed E-state index contributed by atoms with van der Waals surface area (Å²) in [7, 11) is 0. The largest absolute Gasteiger partial charge is 0.422 e. The molecule has 1 saturated heterocycles. The molecule has 2 aliphatic carbocycles. The summed E-state index contributed by atoms with van der Waals surface area (Å²) in [6.45, 7) is 9.43. The minimum absolute atomic E-state index is 0.0166. The molecular formula is C29H38F3N5O2. The van der Waals surface area contributed by atoms with Crippen LogP contribution in [0.5, 0.6) is 0 Å². The van der Waals surface area contributed by atoms with E-state index >= 15 is 0 Å². The molecule has 1 aliphatic heterocycles. The molecule has 0 radical (unpaired) electrons. The molecule has 0 saturated carbocycles. The number of hydrogen-bond donors (Lipinski definition) is 1. The molecule has 0 spiro atoms. The highest BCUT2D eigenvalue weighted by Gasteiger charge is 2.41. The number of nitrogens with one attached hydrogen (secondary N) is 1. The van der Waals surface area contributed by atoms with Gasteiger partial charge in [-0.25, -0.2) is 5.10 Å². The lowest BCUT2D eigenvalue weighted by Crippen LogP contribution is -2.48. The number of aromatic amines is 1. The van der Waals surface area contributed by atoms with Crippen LogP contribution in [0.3, 0.4) is 0 Å². The molecule has 1 aromatic rings. The van der Waals surface area contributed by atoms with Crippen molar-refractivity contribution in [2.24, 2.45) is 5.92 Å². The minimum atomic E-state index is -4.61. The van der Waals surface area contributed by atoms with Crippen LogP contribution >= 0.6 is 0 Å². The smallest absolute Gasteiger partial charge is 0.371 e. The molecule has 39 heavy (non-hydrogen) atoms. The number of rotatable bonds is 5. The number of alkyl halides is 3. The molecule has 0 aromatic carbocycles. The van der Waals surface area contributed by atoms with Crippen molar-refractivity contribution in [3.05, 3.63) is 62.7 Å². The van der Waals surface area contributed by atoms with Crippen molar-refractivity contribution in [3.63, 3.8) is 0 Å². The minimum Gasteiger partial charge on any atom is -0.371 e. The maximum Gasteiger partial charge on any atom is 0.422 e. The zero-order chi connectivity index (χ0) is 28.6. The Balaban J connectivity index is 0.000000218. The van der Waals surface area contributed by atoms with E-state index in [9.17, 15) is 22.8 Å². The van der Waals surface area contributed by atoms with E-state index in [1.165, 1.54) is 5.70 Å². The molecule has 1 aromatic heterocycles. The Hall–Kier alpha value is -3.35. The van der Waals surface area contributed by atoms with Crippen molar-refractivity contribution >= 4 is 5.91 Å². The van der Waals surface area contributed by atoms with Gasteiger partial charge < -0.3 is 9.80 Å². The molecule has 0 bridgehead atoms.